The van der Waals surface area contributed by atoms with Crippen LogP contribution in [-0.2, 0) is 0 Å². The van der Waals surface area contributed by atoms with Crippen molar-refractivity contribution < 1.29 is 4.42 Å². The van der Waals surface area contributed by atoms with Crippen LogP contribution in [0.15, 0.2) is 4.42 Å². The van der Waals surface area contributed by atoms with Crippen LogP contribution in [0.5, 0.6) is 0 Å². The summed E-state index contributed by atoms with van der Waals surface area (Å²) >= 11 is 0. The van der Waals surface area contributed by atoms with Gasteiger partial charge in [0.25, 0.3) is 0 Å². The van der Waals surface area contributed by atoms with Gasteiger partial charge in [0.2, 0.25) is 0 Å². The average molecular weight is 212 g/mol. The molecule has 1 heterocycles. The molecular weight excluding hydrogens is 192 g/mol. The molecule has 86 valence electrons. The lowest BCUT2D eigenvalue weighted by molar-refractivity contribution is 0.510. The molecule has 0 aromatic carbocycles. The zero-order valence-corrected chi connectivity index (χ0v) is 9.66. The molecule has 0 aliphatic heterocycles. The molecule has 5 heteroatoms. The van der Waals surface area contributed by atoms with Gasteiger partial charge in [-0.2, -0.15) is 0 Å². The number of nitrogens with one attached hydrogen (secondary N) is 1. The van der Waals surface area contributed by atoms with Crippen molar-refractivity contribution >= 4 is 12.0 Å². The zero-order valence-electron chi connectivity index (χ0n) is 9.66. The summed E-state index contributed by atoms with van der Waals surface area (Å²) in [7, 11) is 0. The first-order valence-corrected chi connectivity index (χ1v) is 5.43. The second kappa shape index (κ2) is 5.58. The Morgan fingerprint density at radius 2 is 2.00 bits per heavy atom. The first kappa shape index (κ1) is 11.8. The molecule has 3 N–H and O–H groups in total. The summed E-state index contributed by atoms with van der Waals surface area (Å²) in [6, 6.07) is 0.847. The number of hydrogen-bond acceptors (Lipinski definition) is 5. The predicted octanol–water partition coefficient (Wildman–Crippen LogP) is 2.28. The Bertz CT molecular complexity index is 285. The lowest BCUT2D eigenvalue weighted by Crippen LogP contribution is -2.15. The fourth-order valence-electron chi connectivity index (χ4n) is 1.41. The third-order valence-corrected chi connectivity index (χ3v) is 2.23. The smallest absolute Gasteiger partial charge is 0.317 e. The van der Waals surface area contributed by atoms with Crippen LogP contribution in [0, 0.1) is 5.92 Å². The molecule has 1 aromatic heterocycles. The van der Waals surface area contributed by atoms with Crippen molar-refractivity contribution in [3.8, 4) is 0 Å². The summed E-state index contributed by atoms with van der Waals surface area (Å²) in [4.78, 5) is 0. The third-order valence-electron chi connectivity index (χ3n) is 2.23. The van der Waals surface area contributed by atoms with Crippen LogP contribution in [-0.4, -0.2) is 16.2 Å². The molecule has 0 aliphatic carbocycles. The van der Waals surface area contributed by atoms with E-state index in [1.165, 1.54) is 12.8 Å². The number of aromatic nitrogens is 2. The van der Waals surface area contributed by atoms with Crippen molar-refractivity contribution in [2.75, 3.05) is 11.1 Å². The molecule has 0 spiro atoms. The van der Waals surface area contributed by atoms with Crippen LogP contribution in [0.25, 0.3) is 0 Å². The van der Waals surface area contributed by atoms with Crippen LogP contribution >= 0.6 is 0 Å². The quantitative estimate of drug-likeness (QED) is 0.756. The number of nitrogens with zero attached hydrogens (tertiary/aromatic N) is 2. The predicted molar refractivity (Wildman–Crippen MR) is 60.5 cm³/mol. The number of nitrogens with two attached hydrogens (primary N) is 1. The van der Waals surface area contributed by atoms with Gasteiger partial charge in [-0.25, -0.2) is 0 Å². The normalized spacial score (nSPS) is 13.1. The van der Waals surface area contributed by atoms with Crippen LogP contribution in [0.3, 0.4) is 0 Å². The van der Waals surface area contributed by atoms with Crippen LogP contribution in [0.4, 0.5) is 12.0 Å². The zero-order chi connectivity index (χ0) is 11.3. The number of nitrogen functional groups attached to an aromatic ring is 1. The van der Waals surface area contributed by atoms with E-state index in [0.717, 1.165) is 12.3 Å². The molecule has 1 rings (SSSR count). The van der Waals surface area contributed by atoms with Gasteiger partial charge in [0.15, 0.2) is 0 Å². The van der Waals surface area contributed by atoms with Crippen molar-refractivity contribution in [3.63, 3.8) is 0 Å². The standard InChI is InChI=1S/C10H20N4O/c1-7(2)5-4-6-8(3)12-10-14-13-9(11)15-10/h7-8H,4-6H2,1-3H3,(H2,11,13)(H,12,14). The van der Waals surface area contributed by atoms with E-state index in [0.29, 0.717) is 12.1 Å². The highest BCUT2D eigenvalue weighted by atomic mass is 16.4. The molecule has 0 amide bonds. The second-order valence-corrected chi connectivity index (χ2v) is 4.32. The third kappa shape index (κ3) is 4.67. The topological polar surface area (TPSA) is 77.0 Å². The van der Waals surface area contributed by atoms with E-state index < -0.39 is 0 Å². The van der Waals surface area contributed by atoms with E-state index >= 15 is 0 Å². The molecular formula is C10H20N4O. The van der Waals surface area contributed by atoms with E-state index in [-0.39, 0.29) is 6.01 Å². The largest absolute Gasteiger partial charge is 0.390 e. The van der Waals surface area contributed by atoms with Gasteiger partial charge in [-0.15, -0.1) is 0 Å². The number of hydrogen-bond donors (Lipinski definition) is 2. The maximum atomic E-state index is 5.31. The van der Waals surface area contributed by atoms with Gasteiger partial charge in [0.05, 0.1) is 0 Å². The molecule has 15 heavy (non-hydrogen) atoms. The van der Waals surface area contributed by atoms with Gasteiger partial charge >= 0.3 is 12.0 Å². The summed E-state index contributed by atoms with van der Waals surface area (Å²) in [5, 5.41) is 10.4. The maximum Gasteiger partial charge on any atom is 0.317 e. The lowest BCUT2D eigenvalue weighted by atomic mass is 10.0. The van der Waals surface area contributed by atoms with Gasteiger partial charge in [0.1, 0.15) is 0 Å². The molecule has 1 atom stereocenters. The lowest BCUT2D eigenvalue weighted by Gasteiger charge is -2.12. The molecule has 0 saturated carbocycles. The van der Waals surface area contributed by atoms with E-state index in [1.54, 1.807) is 0 Å². The average Bonchev–Trinajstić information content (AvgIpc) is 2.50. The van der Waals surface area contributed by atoms with E-state index in [9.17, 15) is 0 Å². The Hall–Kier alpha value is -1.26. The fraction of sp³-hybridized carbons (Fsp3) is 0.800. The van der Waals surface area contributed by atoms with Gasteiger partial charge in [0, 0.05) is 6.04 Å². The molecule has 1 aromatic rings. The molecule has 5 nitrogen and oxygen atoms in total. The minimum atomic E-state index is 0.104. The van der Waals surface area contributed by atoms with Crippen molar-refractivity contribution in [1.29, 1.82) is 0 Å². The van der Waals surface area contributed by atoms with Gasteiger partial charge in [-0.1, -0.05) is 36.9 Å². The fourth-order valence-corrected chi connectivity index (χ4v) is 1.41. The number of rotatable bonds is 6. The van der Waals surface area contributed by atoms with Crippen LogP contribution in [0.1, 0.15) is 40.0 Å². The molecule has 1 unspecified atom stereocenters. The van der Waals surface area contributed by atoms with Crippen molar-refractivity contribution in [2.24, 2.45) is 5.92 Å². The van der Waals surface area contributed by atoms with Crippen LogP contribution < -0.4 is 11.1 Å². The summed E-state index contributed by atoms with van der Waals surface area (Å²) in [5.74, 6) is 0.760. The first-order chi connectivity index (χ1) is 7.08. The Balaban J connectivity index is 2.21. The van der Waals surface area contributed by atoms with Crippen molar-refractivity contribution in [2.45, 2.75) is 46.1 Å². The summed E-state index contributed by atoms with van der Waals surface area (Å²) in [5.41, 5.74) is 5.31. The van der Waals surface area contributed by atoms with E-state index in [2.05, 4.69) is 36.3 Å². The van der Waals surface area contributed by atoms with Gasteiger partial charge in [-0.05, 0) is 19.3 Å². The van der Waals surface area contributed by atoms with Gasteiger partial charge in [-0.3, -0.25) is 0 Å². The summed E-state index contributed by atoms with van der Waals surface area (Å²) < 4.78 is 5.03. The van der Waals surface area contributed by atoms with Crippen molar-refractivity contribution in [3.05, 3.63) is 0 Å². The minimum Gasteiger partial charge on any atom is -0.390 e. The molecule has 0 bridgehead atoms. The van der Waals surface area contributed by atoms with Gasteiger partial charge < -0.3 is 15.5 Å². The Kier molecular flexibility index (Phi) is 4.39. The maximum absolute atomic E-state index is 5.31. The molecule has 0 radical (unpaired) electrons. The van der Waals surface area contributed by atoms with E-state index in [4.69, 9.17) is 10.2 Å². The van der Waals surface area contributed by atoms with Crippen molar-refractivity contribution in [1.82, 2.24) is 10.2 Å². The number of anilines is 2. The Morgan fingerprint density at radius 3 is 2.53 bits per heavy atom. The Morgan fingerprint density at radius 1 is 1.27 bits per heavy atom. The SMILES string of the molecule is CC(C)CCCC(C)Nc1nnc(N)o1. The molecule has 0 aliphatic rings. The first-order valence-electron chi connectivity index (χ1n) is 5.43. The monoisotopic (exact) mass is 212 g/mol. The Labute approximate surface area is 90.4 Å². The highest BCUT2D eigenvalue weighted by molar-refractivity contribution is 5.23. The van der Waals surface area contributed by atoms with Crippen LogP contribution in [0.2, 0.25) is 0 Å². The highest BCUT2D eigenvalue weighted by Crippen LogP contribution is 2.12. The molecule has 0 saturated heterocycles. The summed E-state index contributed by atoms with van der Waals surface area (Å²) in [6.45, 7) is 6.56. The highest BCUT2D eigenvalue weighted by Gasteiger charge is 2.07. The summed E-state index contributed by atoms with van der Waals surface area (Å²) in [6.07, 6.45) is 3.55. The van der Waals surface area contributed by atoms with E-state index in [1.807, 2.05) is 0 Å². The minimum absolute atomic E-state index is 0.104. The molecule has 0 fully saturated rings. The second-order valence-electron chi connectivity index (χ2n) is 4.32.